The molecular weight excluding hydrogens is 328 g/mol. The van der Waals surface area contributed by atoms with Crippen LogP contribution in [0, 0.1) is 0 Å². The SMILES string of the molecule is COC(=O)c1ccc2c(=O)[nH]c(Cc3ccc(C(=O)OC)o3)nc2c1. The highest BCUT2D eigenvalue weighted by Crippen LogP contribution is 2.15. The highest BCUT2D eigenvalue weighted by atomic mass is 16.5. The molecule has 2 heterocycles. The van der Waals surface area contributed by atoms with Crippen molar-refractivity contribution in [2.45, 2.75) is 6.42 Å². The molecule has 0 aliphatic rings. The quantitative estimate of drug-likeness (QED) is 0.718. The van der Waals surface area contributed by atoms with E-state index < -0.39 is 11.9 Å². The molecule has 25 heavy (non-hydrogen) atoms. The third kappa shape index (κ3) is 3.27. The lowest BCUT2D eigenvalue weighted by Gasteiger charge is -2.04. The predicted molar refractivity (Wildman–Crippen MR) is 86.6 cm³/mol. The smallest absolute Gasteiger partial charge is 0.373 e. The van der Waals surface area contributed by atoms with Crippen LogP contribution in [0.25, 0.3) is 10.9 Å². The van der Waals surface area contributed by atoms with Gasteiger partial charge in [0.2, 0.25) is 5.76 Å². The Bertz CT molecular complexity index is 1020. The van der Waals surface area contributed by atoms with Crippen molar-refractivity contribution in [2.75, 3.05) is 14.2 Å². The number of hydrogen-bond donors (Lipinski definition) is 1. The maximum absolute atomic E-state index is 12.2. The summed E-state index contributed by atoms with van der Waals surface area (Å²) in [7, 11) is 2.53. The molecule has 8 heteroatoms. The first-order chi connectivity index (χ1) is 12.0. The van der Waals surface area contributed by atoms with Gasteiger partial charge in [-0.2, -0.15) is 0 Å². The Labute approximate surface area is 141 Å². The van der Waals surface area contributed by atoms with E-state index in [4.69, 9.17) is 4.42 Å². The summed E-state index contributed by atoms with van der Waals surface area (Å²) >= 11 is 0. The second kappa shape index (κ2) is 6.60. The van der Waals surface area contributed by atoms with Gasteiger partial charge in [0, 0.05) is 0 Å². The van der Waals surface area contributed by atoms with Gasteiger partial charge < -0.3 is 18.9 Å². The fraction of sp³-hybridized carbons (Fsp3) is 0.176. The summed E-state index contributed by atoms with van der Waals surface area (Å²) in [6, 6.07) is 7.58. The molecule has 8 nitrogen and oxygen atoms in total. The maximum atomic E-state index is 12.2. The molecule has 0 bridgehead atoms. The van der Waals surface area contributed by atoms with Gasteiger partial charge in [0.1, 0.15) is 11.6 Å². The molecule has 0 aliphatic heterocycles. The Kier molecular flexibility index (Phi) is 4.34. The number of H-pyrrole nitrogens is 1. The molecule has 0 unspecified atom stereocenters. The van der Waals surface area contributed by atoms with Crippen LogP contribution in [0.1, 0.15) is 32.5 Å². The Balaban J connectivity index is 1.96. The van der Waals surface area contributed by atoms with Gasteiger partial charge >= 0.3 is 11.9 Å². The van der Waals surface area contributed by atoms with E-state index in [0.717, 1.165) is 0 Å². The zero-order valence-electron chi connectivity index (χ0n) is 13.5. The van der Waals surface area contributed by atoms with Gasteiger partial charge in [0.05, 0.1) is 37.1 Å². The molecule has 3 aromatic rings. The fourth-order valence-electron chi connectivity index (χ4n) is 2.36. The van der Waals surface area contributed by atoms with Crippen molar-refractivity contribution in [2.24, 2.45) is 0 Å². The molecule has 0 saturated carbocycles. The van der Waals surface area contributed by atoms with Gasteiger partial charge in [0.15, 0.2) is 0 Å². The van der Waals surface area contributed by atoms with E-state index >= 15 is 0 Å². The number of aromatic amines is 1. The van der Waals surface area contributed by atoms with E-state index in [1.807, 2.05) is 0 Å². The van der Waals surface area contributed by atoms with E-state index in [1.165, 1.54) is 38.5 Å². The Morgan fingerprint density at radius 2 is 1.88 bits per heavy atom. The third-order valence-corrected chi connectivity index (χ3v) is 3.57. The minimum atomic E-state index is -0.589. The molecular formula is C17H14N2O6. The summed E-state index contributed by atoms with van der Waals surface area (Å²) in [6.45, 7) is 0. The van der Waals surface area contributed by atoms with Crippen LogP contribution in [0.4, 0.5) is 0 Å². The summed E-state index contributed by atoms with van der Waals surface area (Å²) in [5, 5.41) is 0.353. The lowest BCUT2D eigenvalue weighted by molar-refractivity contribution is 0.0561. The molecule has 3 rings (SSSR count). The Hall–Kier alpha value is -3.42. The van der Waals surface area contributed by atoms with Crippen LogP contribution in [0.2, 0.25) is 0 Å². The highest BCUT2D eigenvalue weighted by molar-refractivity contribution is 5.94. The fourth-order valence-corrected chi connectivity index (χ4v) is 2.36. The van der Waals surface area contributed by atoms with Gasteiger partial charge in [-0.3, -0.25) is 4.79 Å². The van der Waals surface area contributed by atoms with Crippen molar-refractivity contribution in [3.8, 4) is 0 Å². The first-order valence-electron chi connectivity index (χ1n) is 7.30. The molecule has 0 radical (unpaired) electrons. The number of esters is 2. The molecule has 0 saturated heterocycles. The number of methoxy groups -OCH3 is 2. The average Bonchev–Trinajstić information content (AvgIpc) is 3.08. The number of carbonyl (C=O) groups is 2. The lowest BCUT2D eigenvalue weighted by Crippen LogP contribution is -2.13. The van der Waals surface area contributed by atoms with Gasteiger partial charge in [0.25, 0.3) is 5.56 Å². The van der Waals surface area contributed by atoms with E-state index in [2.05, 4.69) is 19.4 Å². The first kappa shape index (κ1) is 16.4. The van der Waals surface area contributed by atoms with E-state index in [-0.39, 0.29) is 17.7 Å². The van der Waals surface area contributed by atoms with Gasteiger partial charge in [-0.25, -0.2) is 14.6 Å². The van der Waals surface area contributed by atoms with Gasteiger partial charge in [-0.1, -0.05) is 0 Å². The minimum absolute atomic E-state index is 0.0635. The lowest BCUT2D eigenvalue weighted by atomic mass is 10.1. The summed E-state index contributed by atoms with van der Waals surface area (Å²) in [5.74, 6) is -0.265. The number of aromatic nitrogens is 2. The number of benzene rings is 1. The van der Waals surface area contributed by atoms with E-state index in [0.29, 0.717) is 28.1 Å². The van der Waals surface area contributed by atoms with Crippen LogP contribution in [0.5, 0.6) is 0 Å². The normalized spacial score (nSPS) is 10.6. The van der Waals surface area contributed by atoms with E-state index in [9.17, 15) is 14.4 Å². The standard InChI is InChI=1S/C17H14N2O6/c1-23-16(21)9-3-5-11-12(7-9)18-14(19-15(11)20)8-10-4-6-13(25-10)17(22)24-2/h3-7H,8H2,1-2H3,(H,18,19,20). The second-order valence-corrected chi connectivity index (χ2v) is 5.17. The van der Waals surface area contributed by atoms with Crippen molar-refractivity contribution < 1.29 is 23.5 Å². The van der Waals surface area contributed by atoms with Crippen LogP contribution >= 0.6 is 0 Å². The molecule has 0 aliphatic carbocycles. The highest BCUT2D eigenvalue weighted by Gasteiger charge is 2.14. The van der Waals surface area contributed by atoms with Crippen molar-refractivity contribution in [3.63, 3.8) is 0 Å². The topological polar surface area (TPSA) is 111 Å². The van der Waals surface area contributed by atoms with Gasteiger partial charge in [-0.05, 0) is 30.3 Å². The zero-order chi connectivity index (χ0) is 18.0. The van der Waals surface area contributed by atoms with Crippen molar-refractivity contribution in [1.82, 2.24) is 9.97 Å². The van der Waals surface area contributed by atoms with Crippen molar-refractivity contribution in [1.29, 1.82) is 0 Å². The zero-order valence-corrected chi connectivity index (χ0v) is 13.5. The number of hydrogen-bond acceptors (Lipinski definition) is 7. The van der Waals surface area contributed by atoms with Crippen molar-refractivity contribution in [3.05, 3.63) is 63.6 Å². The predicted octanol–water partition coefficient (Wildman–Crippen LogP) is 1.68. The number of rotatable bonds is 4. The molecule has 0 fully saturated rings. The van der Waals surface area contributed by atoms with Crippen LogP contribution in [-0.2, 0) is 15.9 Å². The van der Waals surface area contributed by atoms with Crippen LogP contribution in [0.3, 0.4) is 0 Å². The first-order valence-corrected chi connectivity index (χ1v) is 7.30. The van der Waals surface area contributed by atoms with Crippen LogP contribution in [-0.4, -0.2) is 36.1 Å². The monoisotopic (exact) mass is 342 g/mol. The number of nitrogens with zero attached hydrogens (tertiary/aromatic N) is 1. The summed E-state index contributed by atoms with van der Waals surface area (Å²) in [4.78, 5) is 42.2. The third-order valence-electron chi connectivity index (χ3n) is 3.57. The molecule has 0 atom stereocenters. The summed E-state index contributed by atoms with van der Waals surface area (Å²) < 4.78 is 14.6. The molecule has 0 amide bonds. The second-order valence-electron chi connectivity index (χ2n) is 5.17. The molecule has 128 valence electrons. The molecule has 2 aromatic heterocycles. The molecule has 1 N–H and O–H groups in total. The minimum Gasteiger partial charge on any atom is -0.465 e. The molecule has 0 spiro atoms. The van der Waals surface area contributed by atoms with Gasteiger partial charge in [-0.15, -0.1) is 0 Å². The Morgan fingerprint density at radius 3 is 2.60 bits per heavy atom. The largest absolute Gasteiger partial charge is 0.465 e. The molecule has 1 aromatic carbocycles. The number of nitrogens with one attached hydrogen (secondary N) is 1. The summed E-state index contributed by atoms with van der Waals surface area (Å²) in [6.07, 6.45) is 0.171. The van der Waals surface area contributed by atoms with Crippen LogP contribution < -0.4 is 5.56 Å². The number of furan rings is 1. The maximum Gasteiger partial charge on any atom is 0.373 e. The van der Waals surface area contributed by atoms with Crippen molar-refractivity contribution >= 4 is 22.8 Å². The number of carbonyl (C=O) groups excluding carboxylic acids is 2. The number of fused-ring (bicyclic) bond motifs is 1. The number of ether oxygens (including phenoxy) is 2. The van der Waals surface area contributed by atoms with E-state index in [1.54, 1.807) is 6.07 Å². The van der Waals surface area contributed by atoms with Crippen LogP contribution in [0.15, 0.2) is 39.5 Å². The summed E-state index contributed by atoms with van der Waals surface area (Å²) in [5.41, 5.74) is 0.322. The average molecular weight is 342 g/mol. The Morgan fingerprint density at radius 1 is 1.12 bits per heavy atom.